The number of aliphatic hydroxyl groups excluding tert-OH is 2. The third kappa shape index (κ3) is 8.62. The highest BCUT2D eigenvalue weighted by Crippen LogP contribution is 2.26. The number of hydrogen-bond donors (Lipinski definition) is 4. The van der Waals surface area contributed by atoms with E-state index in [4.69, 9.17) is 55.9 Å². The summed E-state index contributed by atoms with van der Waals surface area (Å²) < 4.78 is 11.2. The molecule has 0 fully saturated rings. The van der Waals surface area contributed by atoms with Crippen LogP contribution in [0.3, 0.4) is 0 Å². The zero-order chi connectivity index (χ0) is 24.5. The lowest BCUT2D eigenvalue weighted by Gasteiger charge is -2.16. The Kier molecular flexibility index (Phi) is 10.3. The normalized spacial score (nSPS) is 12.6. The Balaban J connectivity index is 1.36. The molecule has 0 saturated heterocycles. The average Bonchev–Trinajstić information content (AvgIpc) is 2.81. The fourth-order valence-corrected chi connectivity index (χ4v) is 3.81. The van der Waals surface area contributed by atoms with Gasteiger partial charge in [-0.3, -0.25) is 0 Å². The van der Waals surface area contributed by atoms with Gasteiger partial charge < -0.3 is 30.3 Å². The van der Waals surface area contributed by atoms with E-state index in [-0.39, 0.29) is 26.3 Å². The first kappa shape index (κ1) is 26.5. The molecule has 4 N–H and O–H groups in total. The second kappa shape index (κ2) is 13.1. The number of anilines is 2. The average molecular weight is 546 g/mol. The number of benzene rings is 3. The molecule has 0 bridgehead atoms. The molecule has 182 valence electrons. The molecule has 10 heteroatoms. The Hall–Kier alpha value is -2.06. The number of rotatable bonds is 12. The quantitative estimate of drug-likeness (QED) is 0.223. The monoisotopic (exact) mass is 544 g/mol. The molecule has 0 aromatic heterocycles. The molecule has 0 heterocycles. The molecule has 2 unspecified atom stereocenters. The third-order valence-electron chi connectivity index (χ3n) is 4.63. The number of nitrogens with one attached hydrogen (secondary N) is 2. The summed E-state index contributed by atoms with van der Waals surface area (Å²) in [6.45, 7) is 0.706. The van der Waals surface area contributed by atoms with Gasteiger partial charge in [-0.2, -0.15) is 0 Å². The van der Waals surface area contributed by atoms with E-state index in [1.165, 1.54) is 0 Å². The van der Waals surface area contributed by atoms with Gasteiger partial charge in [0.1, 0.15) is 36.9 Å². The highest BCUT2D eigenvalue weighted by atomic mass is 35.5. The van der Waals surface area contributed by atoms with Crippen LogP contribution in [0.15, 0.2) is 60.7 Å². The lowest BCUT2D eigenvalue weighted by Crippen LogP contribution is -2.26. The topological polar surface area (TPSA) is 83.0 Å². The SMILES string of the molecule is OC(CNc1ccc(Cl)cc1Cl)COc1ccc(OCC(O)CNc2ccc(Cl)cc2Cl)cc1. The van der Waals surface area contributed by atoms with Gasteiger partial charge in [-0.15, -0.1) is 0 Å². The van der Waals surface area contributed by atoms with Gasteiger partial charge in [-0.25, -0.2) is 0 Å². The summed E-state index contributed by atoms with van der Waals surface area (Å²) in [4.78, 5) is 0. The van der Waals surface area contributed by atoms with Gasteiger partial charge in [0.2, 0.25) is 0 Å². The predicted molar refractivity (Wildman–Crippen MR) is 139 cm³/mol. The maximum absolute atomic E-state index is 10.2. The first-order chi connectivity index (χ1) is 16.3. The fourth-order valence-electron chi connectivity index (χ4n) is 2.86. The van der Waals surface area contributed by atoms with E-state index in [1.54, 1.807) is 60.7 Å². The van der Waals surface area contributed by atoms with Crippen LogP contribution in [0.25, 0.3) is 0 Å². The van der Waals surface area contributed by atoms with E-state index in [2.05, 4.69) is 10.6 Å². The van der Waals surface area contributed by atoms with Crippen LogP contribution in [-0.2, 0) is 0 Å². The van der Waals surface area contributed by atoms with Crippen molar-refractivity contribution in [2.24, 2.45) is 0 Å². The number of hydrogen-bond acceptors (Lipinski definition) is 6. The molecule has 0 amide bonds. The van der Waals surface area contributed by atoms with Crippen molar-refractivity contribution in [1.29, 1.82) is 0 Å². The zero-order valence-corrected chi connectivity index (χ0v) is 21.0. The molecule has 0 radical (unpaired) electrons. The molecule has 3 rings (SSSR count). The van der Waals surface area contributed by atoms with Crippen LogP contribution in [-0.4, -0.2) is 48.7 Å². The van der Waals surface area contributed by atoms with Crippen LogP contribution in [0.5, 0.6) is 11.5 Å². The van der Waals surface area contributed by atoms with E-state index in [0.29, 0.717) is 43.0 Å². The van der Waals surface area contributed by atoms with Gasteiger partial charge in [0.25, 0.3) is 0 Å². The van der Waals surface area contributed by atoms with Crippen LogP contribution in [0, 0.1) is 0 Å². The molecule has 34 heavy (non-hydrogen) atoms. The Morgan fingerprint density at radius 3 is 1.35 bits per heavy atom. The van der Waals surface area contributed by atoms with Crippen molar-refractivity contribution in [2.45, 2.75) is 12.2 Å². The van der Waals surface area contributed by atoms with E-state index in [9.17, 15) is 10.2 Å². The van der Waals surface area contributed by atoms with Crippen LogP contribution in [0.4, 0.5) is 11.4 Å². The fraction of sp³-hybridized carbons (Fsp3) is 0.250. The maximum atomic E-state index is 10.2. The minimum absolute atomic E-state index is 0.0933. The smallest absolute Gasteiger partial charge is 0.119 e. The minimum Gasteiger partial charge on any atom is -0.491 e. The largest absolute Gasteiger partial charge is 0.491 e. The van der Waals surface area contributed by atoms with Crippen LogP contribution < -0.4 is 20.1 Å². The summed E-state index contributed by atoms with van der Waals surface area (Å²) in [6.07, 6.45) is -1.50. The van der Waals surface area contributed by atoms with Gasteiger partial charge in [-0.1, -0.05) is 46.4 Å². The first-order valence-corrected chi connectivity index (χ1v) is 11.9. The highest BCUT2D eigenvalue weighted by molar-refractivity contribution is 6.36. The molecule has 3 aromatic carbocycles. The summed E-state index contributed by atoms with van der Waals surface area (Å²) in [5.74, 6) is 1.16. The summed E-state index contributed by atoms with van der Waals surface area (Å²) >= 11 is 24.0. The first-order valence-electron chi connectivity index (χ1n) is 10.4. The van der Waals surface area contributed by atoms with Gasteiger partial charge >= 0.3 is 0 Å². The van der Waals surface area contributed by atoms with E-state index < -0.39 is 12.2 Å². The molecular weight excluding hydrogens is 522 g/mol. The predicted octanol–water partition coefficient (Wildman–Crippen LogP) is 6.00. The molecule has 0 aliphatic carbocycles. The molecule has 0 aliphatic heterocycles. The van der Waals surface area contributed by atoms with Gasteiger partial charge in [0, 0.05) is 23.1 Å². The van der Waals surface area contributed by atoms with Crippen molar-refractivity contribution in [3.63, 3.8) is 0 Å². The summed E-state index contributed by atoms with van der Waals surface area (Å²) in [6, 6.07) is 17.1. The molecular formula is C24H24Cl4N2O4. The van der Waals surface area contributed by atoms with E-state index in [1.807, 2.05) is 0 Å². The lowest BCUT2D eigenvalue weighted by molar-refractivity contribution is 0.115. The van der Waals surface area contributed by atoms with Crippen molar-refractivity contribution in [2.75, 3.05) is 36.9 Å². The Morgan fingerprint density at radius 2 is 1.00 bits per heavy atom. The number of ether oxygens (including phenoxy) is 2. The van der Waals surface area contributed by atoms with E-state index in [0.717, 1.165) is 0 Å². The van der Waals surface area contributed by atoms with E-state index >= 15 is 0 Å². The molecule has 2 atom stereocenters. The Bertz CT molecular complexity index is 985. The number of halogens is 4. The van der Waals surface area contributed by atoms with Crippen molar-refractivity contribution in [3.05, 3.63) is 80.8 Å². The molecule has 0 spiro atoms. The van der Waals surface area contributed by atoms with Crippen molar-refractivity contribution < 1.29 is 19.7 Å². The van der Waals surface area contributed by atoms with Crippen LogP contribution in [0.2, 0.25) is 20.1 Å². The maximum Gasteiger partial charge on any atom is 0.119 e. The standard InChI is InChI=1S/C24H24Cl4N2O4/c25-15-1-7-23(21(27)9-15)29-11-17(31)13-33-19-3-5-20(6-4-19)34-14-18(32)12-30-24-8-2-16(26)10-22(24)28/h1-10,17-18,29-32H,11-14H2. The molecule has 3 aromatic rings. The lowest BCUT2D eigenvalue weighted by atomic mass is 10.3. The molecule has 0 saturated carbocycles. The van der Waals surface area contributed by atoms with Gasteiger partial charge in [-0.05, 0) is 60.7 Å². The zero-order valence-electron chi connectivity index (χ0n) is 18.0. The Labute approximate surface area is 218 Å². The van der Waals surface area contributed by atoms with Crippen LogP contribution >= 0.6 is 46.4 Å². The Morgan fingerprint density at radius 1 is 0.618 bits per heavy atom. The summed E-state index contributed by atoms with van der Waals surface area (Å²) in [7, 11) is 0. The highest BCUT2D eigenvalue weighted by Gasteiger charge is 2.09. The summed E-state index contributed by atoms with van der Waals surface area (Å²) in [5.41, 5.74) is 1.36. The second-order valence-corrected chi connectivity index (χ2v) is 9.10. The summed E-state index contributed by atoms with van der Waals surface area (Å²) in [5, 5.41) is 28.5. The van der Waals surface area contributed by atoms with Crippen molar-refractivity contribution in [1.82, 2.24) is 0 Å². The number of aliphatic hydroxyl groups is 2. The third-order valence-corrected chi connectivity index (χ3v) is 5.72. The van der Waals surface area contributed by atoms with Gasteiger partial charge in [0.15, 0.2) is 0 Å². The minimum atomic E-state index is -0.750. The molecule has 0 aliphatic rings. The van der Waals surface area contributed by atoms with Crippen LogP contribution in [0.1, 0.15) is 0 Å². The van der Waals surface area contributed by atoms with Crippen molar-refractivity contribution >= 4 is 57.8 Å². The molecule has 6 nitrogen and oxygen atoms in total. The van der Waals surface area contributed by atoms with Crippen molar-refractivity contribution in [3.8, 4) is 11.5 Å². The second-order valence-electron chi connectivity index (χ2n) is 7.41. The van der Waals surface area contributed by atoms with Gasteiger partial charge in [0.05, 0.1) is 21.4 Å².